The van der Waals surface area contributed by atoms with Gasteiger partial charge in [0.1, 0.15) is 12.4 Å². The number of phenolic OH excluding ortho intramolecular Hbond substituents is 2. The molecule has 3 aromatic carbocycles. The highest BCUT2D eigenvalue weighted by molar-refractivity contribution is 6.35. The molecule has 3 aromatic rings. The predicted molar refractivity (Wildman–Crippen MR) is 115 cm³/mol. The lowest BCUT2D eigenvalue weighted by atomic mass is 9.93. The molecule has 0 radical (unpaired) electrons. The zero-order valence-corrected chi connectivity index (χ0v) is 17.2. The van der Waals surface area contributed by atoms with E-state index in [0.717, 1.165) is 17.7 Å². The fourth-order valence-corrected chi connectivity index (χ4v) is 4.14. The number of benzene rings is 3. The Morgan fingerprint density at radius 1 is 0.931 bits per heavy atom. The van der Waals surface area contributed by atoms with Gasteiger partial charge in [-0.2, -0.15) is 0 Å². The molecule has 1 atom stereocenters. The normalized spacial score (nSPS) is 16.4. The monoisotopic (exact) mass is 429 g/mol. The van der Waals surface area contributed by atoms with Crippen molar-refractivity contribution in [3.05, 3.63) is 87.4 Å². The highest BCUT2D eigenvalue weighted by Gasteiger charge is 2.28. The molecule has 0 spiro atoms. The molecule has 150 valence electrons. The Labute approximate surface area is 179 Å². The Kier molecular flexibility index (Phi) is 5.86. The molecule has 6 heteroatoms. The number of hydrogen-bond donors (Lipinski definition) is 2. The summed E-state index contributed by atoms with van der Waals surface area (Å²) in [6.45, 7) is 1.85. The van der Waals surface area contributed by atoms with Crippen LogP contribution >= 0.6 is 23.2 Å². The summed E-state index contributed by atoms with van der Waals surface area (Å²) in [7, 11) is 0. The van der Waals surface area contributed by atoms with Gasteiger partial charge in [-0.15, -0.1) is 0 Å². The molecule has 0 aromatic heterocycles. The van der Waals surface area contributed by atoms with Crippen LogP contribution in [-0.4, -0.2) is 27.8 Å². The molecule has 0 aliphatic carbocycles. The predicted octanol–water partition coefficient (Wildman–Crippen LogP) is 5.41. The van der Waals surface area contributed by atoms with Crippen LogP contribution in [0.4, 0.5) is 0 Å². The van der Waals surface area contributed by atoms with Crippen molar-refractivity contribution >= 4 is 23.2 Å². The Morgan fingerprint density at radius 2 is 1.66 bits per heavy atom. The number of hydrogen-bond acceptors (Lipinski definition) is 4. The molecule has 1 aliphatic heterocycles. The molecule has 1 heterocycles. The second-order valence-corrected chi connectivity index (χ2v) is 8.09. The SMILES string of the molecule is Oc1cc2c(cc1O)CN(Cc1ccccc1)C(COc1ccc(Cl)cc1Cl)C2. The van der Waals surface area contributed by atoms with Gasteiger partial charge in [0.2, 0.25) is 0 Å². The summed E-state index contributed by atoms with van der Waals surface area (Å²) in [5, 5.41) is 20.9. The maximum Gasteiger partial charge on any atom is 0.157 e. The molecular formula is C23H21Cl2NO3. The summed E-state index contributed by atoms with van der Waals surface area (Å²) in [4.78, 5) is 2.32. The van der Waals surface area contributed by atoms with Gasteiger partial charge in [0.15, 0.2) is 11.5 Å². The largest absolute Gasteiger partial charge is 0.504 e. The molecule has 2 N–H and O–H groups in total. The highest BCUT2D eigenvalue weighted by Crippen LogP contribution is 2.34. The quantitative estimate of drug-likeness (QED) is 0.532. The first-order valence-corrected chi connectivity index (χ1v) is 10.1. The zero-order chi connectivity index (χ0) is 20.4. The number of halogens is 2. The molecule has 0 bridgehead atoms. The minimum atomic E-state index is -0.0966. The van der Waals surface area contributed by atoms with E-state index < -0.39 is 0 Å². The van der Waals surface area contributed by atoms with Crippen molar-refractivity contribution in [3.8, 4) is 17.2 Å². The molecule has 0 saturated heterocycles. The fourth-order valence-electron chi connectivity index (χ4n) is 3.68. The average Bonchev–Trinajstić information content (AvgIpc) is 2.69. The van der Waals surface area contributed by atoms with Gasteiger partial charge in [-0.3, -0.25) is 4.90 Å². The smallest absolute Gasteiger partial charge is 0.157 e. The van der Waals surface area contributed by atoms with Gasteiger partial charge in [0.05, 0.1) is 5.02 Å². The lowest BCUT2D eigenvalue weighted by Crippen LogP contribution is -2.43. The van der Waals surface area contributed by atoms with E-state index >= 15 is 0 Å². The summed E-state index contributed by atoms with van der Waals surface area (Å²) in [6.07, 6.45) is 0.696. The van der Waals surface area contributed by atoms with E-state index in [4.69, 9.17) is 27.9 Å². The summed E-state index contributed by atoms with van der Waals surface area (Å²) < 4.78 is 6.02. The lowest BCUT2D eigenvalue weighted by molar-refractivity contribution is 0.109. The van der Waals surface area contributed by atoms with Crippen molar-refractivity contribution in [3.63, 3.8) is 0 Å². The topological polar surface area (TPSA) is 52.9 Å². The van der Waals surface area contributed by atoms with Gasteiger partial charge in [-0.05, 0) is 53.4 Å². The van der Waals surface area contributed by atoms with Crippen molar-refractivity contribution in [2.45, 2.75) is 25.6 Å². The van der Waals surface area contributed by atoms with Gasteiger partial charge in [0.25, 0.3) is 0 Å². The van der Waals surface area contributed by atoms with Gasteiger partial charge < -0.3 is 14.9 Å². The first kappa shape index (κ1) is 19.9. The van der Waals surface area contributed by atoms with Crippen molar-refractivity contribution in [2.24, 2.45) is 0 Å². The first-order chi connectivity index (χ1) is 14.0. The van der Waals surface area contributed by atoms with Crippen LogP contribution in [0.1, 0.15) is 16.7 Å². The molecule has 4 nitrogen and oxygen atoms in total. The van der Waals surface area contributed by atoms with Crippen LogP contribution in [0.25, 0.3) is 0 Å². The van der Waals surface area contributed by atoms with Crippen molar-refractivity contribution in [2.75, 3.05) is 6.61 Å². The van der Waals surface area contributed by atoms with Crippen LogP contribution in [0.15, 0.2) is 60.7 Å². The maximum absolute atomic E-state index is 9.91. The van der Waals surface area contributed by atoms with Crippen LogP contribution in [0.3, 0.4) is 0 Å². The third-order valence-corrected chi connectivity index (χ3v) is 5.73. The fraction of sp³-hybridized carbons (Fsp3) is 0.217. The van der Waals surface area contributed by atoms with E-state index in [0.29, 0.717) is 35.4 Å². The van der Waals surface area contributed by atoms with Crippen molar-refractivity contribution < 1.29 is 14.9 Å². The van der Waals surface area contributed by atoms with E-state index in [1.807, 2.05) is 18.2 Å². The maximum atomic E-state index is 9.91. The third-order valence-electron chi connectivity index (χ3n) is 5.20. The summed E-state index contributed by atoms with van der Waals surface area (Å²) in [5.41, 5.74) is 3.23. The molecule has 0 amide bonds. The molecule has 1 aliphatic rings. The Bertz CT molecular complexity index is 1010. The minimum absolute atomic E-state index is 0.0818. The van der Waals surface area contributed by atoms with Crippen molar-refractivity contribution in [1.82, 2.24) is 4.90 Å². The van der Waals surface area contributed by atoms with E-state index in [-0.39, 0.29) is 17.5 Å². The summed E-state index contributed by atoms with van der Waals surface area (Å²) in [5.74, 6) is 0.404. The third kappa shape index (κ3) is 4.61. The van der Waals surface area contributed by atoms with E-state index in [1.54, 1.807) is 30.3 Å². The van der Waals surface area contributed by atoms with Crippen LogP contribution in [-0.2, 0) is 19.5 Å². The standard InChI is InChI=1S/C23H21Cl2NO3/c24-18-6-7-23(20(25)11-18)29-14-19-8-16-9-21(27)22(28)10-17(16)13-26(19)12-15-4-2-1-3-5-15/h1-7,9-11,19,27-28H,8,12-14H2. The number of ether oxygens (including phenoxy) is 1. The van der Waals surface area contributed by atoms with Gasteiger partial charge in [0, 0.05) is 24.2 Å². The molecule has 29 heavy (non-hydrogen) atoms. The number of rotatable bonds is 5. The second-order valence-electron chi connectivity index (χ2n) is 7.24. The first-order valence-electron chi connectivity index (χ1n) is 9.39. The Balaban J connectivity index is 1.57. The molecule has 0 saturated carbocycles. The number of phenols is 2. The van der Waals surface area contributed by atoms with E-state index in [1.165, 1.54) is 5.56 Å². The second kappa shape index (κ2) is 8.54. The van der Waals surface area contributed by atoms with Crippen molar-refractivity contribution in [1.29, 1.82) is 0 Å². The highest BCUT2D eigenvalue weighted by atomic mass is 35.5. The molecular weight excluding hydrogens is 409 g/mol. The van der Waals surface area contributed by atoms with E-state index in [2.05, 4.69) is 17.0 Å². The molecule has 1 unspecified atom stereocenters. The van der Waals surface area contributed by atoms with E-state index in [9.17, 15) is 10.2 Å². The van der Waals surface area contributed by atoms with Crippen LogP contribution in [0.5, 0.6) is 17.2 Å². The van der Waals surface area contributed by atoms with Crippen LogP contribution in [0, 0.1) is 0 Å². The van der Waals surface area contributed by atoms with Crippen LogP contribution < -0.4 is 4.74 Å². The average molecular weight is 430 g/mol. The molecule has 4 rings (SSSR count). The van der Waals surface area contributed by atoms with Gasteiger partial charge in [-0.25, -0.2) is 0 Å². The Morgan fingerprint density at radius 3 is 2.38 bits per heavy atom. The minimum Gasteiger partial charge on any atom is -0.504 e. The summed E-state index contributed by atoms with van der Waals surface area (Å²) >= 11 is 12.2. The van der Waals surface area contributed by atoms with Gasteiger partial charge >= 0.3 is 0 Å². The number of nitrogens with zero attached hydrogens (tertiary/aromatic N) is 1. The number of aromatic hydroxyl groups is 2. The summed E-state index contributed by atoms with van der Waals surface area (Å²) in [6, 6.07) is 18.8. The van der Waals surface area contributed by atoms with Crippen LogP contribution in [0.2, 0.25) is 10.0 Å². The lowest BCUT2D eigenvalue weighted by Gasteiger charge is -2.37. The Hall–Kier alpha value is -2.40. The number of fused-ring (bicyclic) bond motifs is 1. The zero-order valence-electron chi connectivity index (χ0n) is 15.7. The molecule has 0 fully saturated rings. The van der Waals surface area contributed by atoms with Gasteiger partial charge in [-0.1, -0.05) is 53.5 Å².